The summed E-state index contributed by atoms with van der Waals surface area (Å²) in [6, 6.07) is -0.154. The van der Waals surface area contributed by atoms with Gasteiger partial charge in [-0.05, 0) is 32.3 Å². The standard InChI is InChI=1S/C15H21NO6S2/c1-9-7-5-6-8-16(9)24(19,20)15-11(13(17)21-3)10(2)12(23-15)14(18)22-4/h9H,5-8H2,1-4H3/t9-/m0/s1. The Morgan fingerprint density at radius 1 is 1.17 bits per heavy atom. The second-order valence-corrected chi connectivity index (χ2v) is 8.77. The molecule has 0 bridgehead atoms. The molecule has 1 aromatic rings. The summed E-state index contributed by atoms with van der Waals surface area (Å²) in [5, 5.41) is 0. The average Bonchev–Trinajstić information content (AvgIpc) is 2.91. The lowest BCUT2D eigenvalue weighted by atomic mass is 10.1. The number of carbonyl (C=O) groups is 2. The first-order valence-electron chi connectivity index (χ1n) is 7.57. The third-order valence-corrected chi connectivity index (χ3v) is 7.94. The second-order valence-electron chi connectivity index (χ2n) is 5.66. The van der Waals surface area contributed by atoms with Crippen molar-refractivity contribution in [2.45, 2.75) is 43.4 Å². The van der Waals surface area contributed by atoms with Crippen LogP contribution in [0.25, 0.3) is 0 Å². The highest BCUT2D eigenvalue weighted by atomic mass is 32.2. The highest BCUT2D eigenvalue weighted by Gasteiger charge is 2.38. The molecule has 0 aliphatic carbocycles. The summed E-state index contributed by atoms with van der Waals surface area (Å²) in [4.78, 5) is 24.1. The number of sulfonamides is 1. The van der Waals surface area contributed by atoms with Crippen LogP contribution in [-0.4, -0.2) is 51.5 Å². The molecular formula is C15H21NO6S2. The van der Waals surface area contributed by atoms with E-state index in [4.69, 9.17) is 4.74 Å². The summed E-state index contributed by atoms with van der Waals surface area (Å²) < 4.78 is 36.8. The molecular weight excluding hydrogens is 354 g/mol. The Hall–Kier alpha value is -1.45. The van der Waals surface area contributed by atoms with Crippen LogP contribution in [0.1, 0.15) is 51.8 Å². The molecule has 1 atom stereocenters. The van der Waals surface area contributed by atoms with Gasteiger partial charge >= 0.3 is 11.9 Å². The maximum absolute atomic E-state index is 13.1. The van der Waals surface area contributed by atoms with Gasteiger partial charge in [0, 0.05) is 12.6 Å². The smallest absolute Gasteiger partial charge is 0.348 e. The Labute approximate surface area is 145 Å². The average molecular weight is 375 g/mol. The zero-order chi connectivity index (χ0) is 18.1. The molecule has 134 valence electrons. The lowest BCUT2D eigenvalue weighted by Crippen LogP contribution is -2.42. The first kappa shape index (κ1) is 18.9. The van der Waals surface area contributed by atoms with Crippen LogP contribution < -0.4 is 0 Å². The van der Waals surface area contributed by atoms with Gasteiger partial charge in [-0.3, -0.25) is 0 Å². The van der Waals surface area contributed by atoms with Crippen molar-refractivity contribution in [3.8, 4) is 0 Å². The molecule has 1 aromatic heterocycles. The summed E-state index contributed by atoms with van der Waals surface area (Å²) in [7, 11) is -1.51. The topological polar surface area (TPSA) is 90.0 Å². The lowest BCUT2D eigenvalue weighted by Gasteiger charge is -2.32. The molecule has 1 fully saturated rings. The van der Waals surface area contributed by atoms with Gasteiger partial charge in [-0.2, -0.15) is 4.31 Å². The fourth-order valence-electron chi connectivity index (χ4n) is 2.83. The van der Waals surface area contributed by atoms with Crippen molar-refractivity contribution in [3.63, 3.8) is 0 Å². The van der Waals surface area contributed by atoms with Gasteiger partial charge in [0.15, 0.2) is 4.21 Å². The molecule has 0 unspecified atom stereocenters. The Morgan fingerprint density at radius 3 is 2.33 bits per heavy atom. The molecule has 0 saturated carbocycles. The number of rotatable bonds is 4. The normalized spacial score (nSPS) is 19.1. The lowest BCUT2D eigenvalue weighted by molar-refractivity contribution is 0.0596. The van der Waals surface area contributed by atoms with Gasteiger partial charge in [-0.25, -0.2) is 18.0 Å². The minimum absolute atomic E-state index is 0.0827. The van der Waals surface area contributed by atoms with E-state index in [1.165, 1.54) is 25.4 Å². The fourth-order valence-corrected chi connectivity index (χ4v) is 6.39. The van der Waals surface area contributed by atoms with Gasteiger partial charge in [0.25, 0.3) is 10.0 Å². The van der Waals surface area contributed by atoms with Crippen LogP contribution >= 0.6 is 11.3 Å². The van der Waals surface area contributed by atoms with E-state index in [1.807, 2.05) is 6.92 Å². The largest absolute Gasteiger partial charge is 0.465 e. The molecule has 2 heterocycles. The molecule has 9 heteroatoms. The number of piperidine rings is 1. The Morgan fingerprint density at radius 2 is 1.79 bits per heavy atom. The van der Waals surface area contributed by atoms with Crippen molar-refractivity contribution >= 4 is 33.3 Å². The van der Waals surface area contributed by atoms with Gasteiger partial charge < -0.3 is 9.47 Å². The highest BCUT2D eigenvalue weighted by Crippen LogP contribution is 2.36. The molecule has 0 radical (unpaired) electrons. The molecule has 24 heavy (non-hydrogen) atoms. The SMILES string of the molecule is COC(=O)c1sc(S(=O)(=O)N2CCCC[C@@H]2C)c(C(=O)OC)c1C. The van der Waals surface area contributed by atoms with Gasteiger partial charge in [-0.1, -0.05) is 6.42 Å². The maximum atomic E-state index is 13.1. The minimum atomic E-state index is -3.90. The summed E-state index contributed by atoms with van der Waals surface area (Å²) in [6.07, 6.45) is 2.50. The second kappa shape index (κ2) is 7.20. The van der Waals surface area contributed by atoms with Crippen molar-refractivity contribution in [2.75, 3.05) is 20.8 Å². The third-order valence-electron chi connectivity index (χ3n) is 4.16. The zero-order valence-electron chi connectivity index (χ0n) is 14.1. The zero-order valence-corrected chi connectivity index (χ0v) is 15.8. The first-order valence-corrected chi connectivity index (χ1v) is 9.83. The number of esters is 2. The van der Waals surface area contributed by atoms with E-state index in [2.05, 4.69) is 4.74 Å². The number of thiophene rings is 1. The van der Waals surface area contributed by atoms with Gasteiger partial charge in [0.05, 0.1) is 19.8 Å². The number of methoxy groups -OCH3 is 2. The molecule has 7 nitrogen and oxygen atoms in total. The number of carbonyl (C=O) groups excluding carboxylic acids is 2. The third kappa shape index (κ3) is 3.20. The summed E-state index contributed by atoms with van der Waals surface area (Å²) in [5.41, 5.74) is 0.183. The number of nitrogens with zero attached hydrogens (tertiary/aromatic N) is 1. The fraction of sp³-hybridized carbons (Fsp3) is 0.600. The number of hydrogen-bond acceptors (Lipinski definition) is 7. The van der Waals surface area contributed by atoms with Gasteiger partial charge in [0.1, 0.15) is 4.88 Å². The molecule has 0 amide bonds. The van der Waals surface area contributed by atoms with Crippen LogP contribution in [0.15, 0.2) is 4.21 Å². The molecule has 1 saturated heterocycles. The number of ether oxygens (including phenoxy) is 2. The van der Waals surface area contributed by atoms with E-state index in [1.54, 1.807) is 0 Å². The van der Waals surface area contributed by atoms with Crippen LogP contribution in [0.2, 0.25) is 0 Å². The summed E-state index contributed by atoms with van der Waals surface area (Å²) >= 11 is 0.760. The van der Waals surface area contributed by atoms with E-state index in [-0.39, 0.29) is 26.3 Å². The maximum Gasteiger partial charge on any atom is 0.348 e. The molecule has 1 aliphatic rings. The Kier molecular flexibility index (Phi) is 5.67. The van der Waals surface area contributed by atoms with Crippen LogP contribution in [0.4, 0.5) is 0 Å². The van der Waals surface area contributed by atoms with E-state index >= 15 is 0 Å². The number of hydrogen-bond donors (Lipinski definition) is 0. The molecule has 0 N–H and O–H groups in total. The Bertz CT molecular complexity index is 752. The van der Waals surface area contributed by atoms with Crippen LogP contribution in [0.5, 0.6) is 0 Å². The molecule has 0 aromatic carbocycles. The first-order chi connectivity index (χ1) is 11.3. The quantitative estimate of drug-likeness (QED) is 0.750. The predicted octanol–water partition coefficient (Wildman–Crippen LogP) is 2.19. The summed E-state index contributed by atoms with van der Waals surface area (Å²) in [6.45, 7) is 3.76. The van der Waals surface area contributed by atoms with Crippen LogP contribution in [-0.2, 0) is 19.5 Å². The van der Waals surface area contributed by atoms with Crippen molar-refractivity contribution < 1.29 is 27.5 Å². The minimum Gasteiger partial charge on any atom is -0.465 e. The van der Waals surface area contributed by atoms with Crippen LogP contribution in [0.3, 0.4) is 0 Å². The highest BCUT2D eigenvalue weighted by molar-refractivity contribution is 7.91. The van der Waals surface area contributed by atoms with E-state index in [9.17, 15) is 18.0 Å². The monoisotopic (exact) mass is 375 g/mol. The molecule has 2 rings (SSSR count). The van der Waals surface area contributed by atoms with Crippen molar-refractivity contribution in [3.05, 3.63) is 16.0 Å². The van der Waals surface area contributed by atoms with E-state index < -0.39 is 22.0 Å². The van der Waals surface area contributed by atoms with Crippen molar-refractivity contribution in [1.29, 1.82) is 0 Å². The van der Waals surface area contributed by atoms with Gasteiger partial charge in [-0.15, -0.1) is 11.3 Å². The van der Waals surface area contributed by atoms with Gasteiger partial charge in [0.2, 0.25) is 0 Å². The van der Waals surface area contributed by atoms with Crippen LogP contribution in [0, 0.1) is 6.92 Å². The van der Waals surface area contributed by atoms with Crippen molar-refractivity contribution in [2.24, 2.45) is 0 Å². The Balaban J connectivity index is 2.63. The van der Waals surface area contributed by atoms with E-state index in [0.29, 0.717) is 6.54 Å². The summed E-state index contributed by atoms with van der Waals surface area (Å²) in [5.74, 6) is -1.45. The van der Waals surface area contributed by atoms with Crippen molar-refractivity contribution in [1.82, 2.24) is 4.31 Å². The van der Waals surface area contributed by atoms with E-state index in [0.717, 1.165) is 30.6 Å². The predicted molar refractivity (Wildman–Crippen MR) is 88.9 cm³/mol. The molecule has 0 spiro atoms. The molecule has 1 aliphatic heterocycles.